The summed E-state index contributed by atoms with van der Waals surface area (Å²) in [6, 6.07) is -0.639. The SMILES string of the molecule is CC[C@H]1OC(=O)[C@H](C)C(=O)[C@H](C)[C@@H](O[C@@H]2O[C@H](C)C[C@H](N(C)C)[C@H]2OC(C)=O)[C@@]2(C)C[C@@H](C)N(CO2)C(=O)[C@H](C)[C@H]2OC(=O)O[C@@]21C. The lowest BCUT2D eigenvalue weighted by atomic mass is 9.79. The number of hydrogen-bond acceptors (Lipinski definition) is 13. The molecule has 0 aromatic carbocycles. The summed E-state index contributed by atoms with van der Waals surface area (Å²) in [5.41, 5.74) is -2.64. The van der Waals surface area contributed by atoms with E-state index in [9.17, 15) is 24.0 Å². The Kier molecular flexibility index (Phi) is 11.0. The Morgan fingerprint density at radius 2 is 1.68 bits per heavy atom. The van der Waals surface area contributed by atoms with Crippen LogP contribution in [0.25, 0.3) is 0 Å². The van der Waals surface area contributed by atoms with Gasteiger partial charge in [0.05, 0.1) is 29.8 Å². The molecule has 5 saturated heterocycles. The zero-order chi connectivity index (χ0) is 35.2. The van der Waals surface area contributed by atoms with Gasteiger partial charge in [0, 0.05) is 18.9 Å². The van der Waals surface area contributed by atoms with Crippen LogP contribution in [0.2, 0.25) is 0 Å². The fraction of sp³-hybridized carbons (Fsp3) is 0.848. The summed E-state index contributed by atoms with van der Waals surface area (Å²) < 4.78 is 42.1. The largest absolute Gasteiger partial charge is 0.509 e. The summed E-state index contributed by atoms with van der Waals surface area (Å²) in [6.07, 6.45) is -5.14. The normalized spacial score (nSPS) is 43.4. The topological polar surface area (TPSA) is 156 Å². The molecule has 5 fully saturated rings. The molecule has 0 N–H and O–H groups in total. The molecule has 0 aliphatic carbocycles. The Labute approximate surface area is 277 Å². The highest BCUT2D eigenvalue weighted by Crippen LogP contribution is 2.42. The molecule has 2 bridgehead atoms. The number of ketones is 1. The van der Waals surface area contributed by atoms with Crippen LogP contribution in [0.3, 0.4) is 0 Å². The number of nitrogens with zero attached hydrogens (tertiary/aromatic N) is 2. The molecular weight excluding hydrogens is 616 g/mol. The molecule has 0 spiro atoms. The first kappa shape index (κ1) is 37.0. The Bertz CT molecular complexity index is 1230. The maximum absolute atomic E-state index is 14.2. The van der Waals surface area contributed by atoms with Crippen molar-refractivity contribution in [1.82, 2.24) is 9.80 Å². The summed E-state index contributed by atoms with van der Waals surface area (Å²) in [5, 5.41) is 0. The van der Waals surface area contributed by atoms with Crippen molar-refractivity contribution < 1.29 is 57.1 Å². The van der Waals surface area contributed by atoms with E-state index in [1.807, 2.05) is 32.8 Å². The van der Waals surface area contributed by atoms with Crippen LogP contribution in [0.5, 0.6) is 0 Å². The number of fused-ring (bicyclic) bond motifs is 9. The first-order valence-corrected chi connectivity index (χ1v) is 16.6. The van der Waals surface area contributed by atoms with Crippen LogP contribution in [-0.2, 0) is 52.3 Å². The van der Waals surface area contributed by atoms with Crippen molar-refractivity contribution in [1.29, 1.82) is 0 Å². The lowest BCUT2D eigenvalue weighted by Gasteiger charge is -2.51. The lowest BCUT2D eigenvalue weighted by Crippen LogP contribution is -2.63. The van der Waals surface area contributed by atoms with Crippen molar-refractivity contribution >= 4 is 29.8 Å². The van der Waals surface area contributed by atoms with E-state index >= 15 is 0 Å². The first-order chi connectivity index (χ1) is 21.8. The quantitative estimate of drug-likeness (QED) is 0.240. The van der Waals surface area contributed by atoms with Gasteiger partial charge < -0.3 is 43.0 Å². The van der Waals surface area contributed by atoms with Gasteiger partial charge in [-0.25, -0.2) is 4.79 Å². The summed E-state index contributed by atoms with van der Waals surface area (Å²) >= 11 is 0. The number of esters is 2. The monoisotopic (exact) mass is 668 g/mol. The smallest absolute Gasteiger partial charge is 0.457 e. The van der Waals surface area contributed by atoms with Crippen LogP contribution >= 0.6 is 0 Å². The molecule has 5 aliphatic heterocycles. The number of rotatable bonds is 5. The third kappa shape index (κ3) is 7.16. The molecule has 5 rings (SSSR count). The minimum atomic E-state index is -1.49. The second-order valence-corrected chi connectivity index (χ2v) is 14.3. The summed E-state index contributed by atoms with van der Waals surface area (Å²) in [6.45, 7) is 14.8. The highest BCUT2D eigenvalue weighted by Gasteiger charge is 2.60. The molecule has 14 heteroatoms. The number of amides is 1. The Morgan fingerprint density at radius 1 is 1.02 bits per heavy atom. The predicted molar refractivity (Wildman–Crippen MR) is 165 cm³/mol. The second kappa shape index (κ2) is 14.0. The molecule has 47 heavy (non-hydrogen) atoms. The van der Waals surface area contributed by atoms with E-state index in [0.717, 1.165) is 0 Å². The number of hydrogen-bond donors (Lipinski definition) is 0. The average molecular weight is 669 g/mol. The van der Waals surface area contributed by atoms with E-state index < -0.39 is 89.6 Å². The molecule has 0 aromatic heterocycles. The van der Waals surface area contributed by atoms with Crippen molar-refractivity contribution in [3.05, 3.63) is 0 Å². The maximum Gasteiger partial charge on any atom is 0.509 e. The third-order valence-electron chi connectivity index (χ3n) is 10.4. The van der Waals surface area contributed by atoms with Crippen LogP contribution < -0.4 is 0 Å². The Balaban J connectivity index is 1.77. The summed E-state index contributed by atoms with van der Waals surface area (Å²) in [4.78, 5) is 69.9. The van der Waals surface area contributed by atoms with Crippen LogP contribution in [0, 0.1) is 17.8 Å². The molecule has 1 amide bonds. The minimum Gasteiger partial charge on any atom is -0.457 e. The molecule has 0 saturated carbocycles. The maximum atomic E-state index is 14.2. The van der Waals surface area contributed by atoms with Crippen molar-refractivity contribution in [2.45, 2.75) is 142 Å². The van der Waals surface area contributed by atoms with Gasteiger partial charge in [-0.3, -0.25) is 19.2 Å². The van der Waals surface area contributed by atoms with Crippen molar-refractivity contribution in [3.63, 3.8) is 0 Å². The lowest BCUT2D eigenvalue weighted by molar-refractivity contribution is -0.307. The molecule has 13 atom stereocenters. The minimum absolute atomic E-state index is 0.141. The van der Waals surface area contributed by atoms with Gasteiger partial charge in [0.2, 0.25) is 5.91 Å². The van der Waals surface area contributed by atoms with E-state index in [1.165, 1.54) is 13.8 Å². The van der Waals surface area contributed by atoms with Gasteiger partial charge in [0.1, 0.15) is 18.8 Å². The zero-order valence-electron chi connectivity index (χ0n) is 29.5. The van der Waals surface area contributed by atoms with E-state index in [-0.39, 0.29) is 37.6 Å². The third-order valence-corrected chi connectivity index (χ3v) is 10.4. The van der Waals surface area contributed by atoms with Crippen LogP contribution in [0.4, 0.5) is 4.79 Å². The van der Waals surface area contributed by atoms with E-state index in [4.69, 9.17) is 33.2 Å². The van der Waals surface area contributed by atoms with E-state index in [0.29, 0.717) is 6.42 Å². The van der Waals surface area contributed by atoms with Crippen molar-refractivity contribution in [2.75, 3.05) is 20.8 Å². The second-order valence-electron chi connectivity index (χ2n) is 14.3. The number of ether oxygens (including phenoxy) is 7. The van der Waals surface area contributed by atoms with Gasteiger partial charge in [-0.15, -0.1) is 0 Å². The van der Waals surface area contributed by atoms with Gasteiger partial charge >= 0.3 is 18.1 Å². The van der Waals surface area contributed by atoms with Crippen LogP contribution in [0.1, 0.15) is 81.6 Å². The van der Waals surface area contributed by atoms with E-state index in [1.54, 1.807) is 39.5 Å². The summed E-state index contributed by atoms with van der Waals surface area (Å²) in [5.74, 6) is -5.18. The molecule has 14 nitrogen and oxygen atoms in total. The number of Topliss-reactive ketones (excluding diaryl/α,β-unsaturated/α-hetero) is 1. The fourth-order valence-electron chi connectivity index (χ4n) is 7.70. The molecule has 266 valence electrons. The van der Waals surface area contributed by atoms with Gasteiger partial charge in [-0.05, 0) is 74.9 Å². The van der Waals surface area contributed by atoms with Crippen molar-refractivity contribution in [2.24, 2.45) is 17.8 Å². The van der Waals surface area contributed by atoms with E-state index in [2.05, 4.69) is 0 Å². The number of carbonyl (C=O) groups is 5. The molecular formula is C33H52N2O12. The molecule has 5 aliphatic rings. The standard InChI is InChI=1S/C33H52N2O12/c1-12-23-33(9)27(46-31(40)47-33)20(6)28(38)35-15-41-32(8,14-16(35)2)26(18(4)24(37)19(5)29(39)44-23)45-30-25(43-21(7)36)22(34(10)11)13-17(3)42-30/h16-20,22-23,25-27,30H,12-15H2,1-11H3/t16-,17-,18+,19-,20-,22+,23-,25-,26-,27-,30+,32-,33-/m1/s1. The molecule has 0 aromatic rings. The Morgan fingerprint density at radius 3 is 2.26 bits per heavy atom. The molecule has 0 unspecified atom stereocenters. The number of carbonyl (C=O) groups excluding carboxylic acids is 5. The van der Waals surface area contributed by atoms with Gasteiger partial charge in [0.15, 0.2) is 29.9 Å². The van der Waals surface area contributed by atoms with Gasteiger partial charge in [0.25, 0.3) is 0 Å². The fourth-order valence-corrected chi connectivity index (χ4v) is 7.70. The molecule has 5 heterocycles. The van der Waals surface area contributed by atoms with Gasteiger partial charge in [-0.2, -0.15) is 0 Å². The molecule has 0 radical (unpaired) electrons. The van der Waals surface area contributed by atoms with Crippen molar-refractivity contribution in [3.8, 4) is 0 Å². The number of likely N-dealkylation sites (N-methyl/N-ethyl adjacent to an activating group) is 1. The highest BCUT2D eigenvalue weighted by atomic mass is 16.8. The van der Waals surface area contributed by atoms with Gasteiger partial charge in [-0.1, -0.05) is 13.8 Å². The Hall–Kier alpha value is -2.81. The predicted octanol–water partition coefficient (Wildman–Crippen LogP) is 2.83. The average Bonchev–Trinajstić information content (AvgIpc) is 3.30. The zero-order valence-corrected chi connectivity index (χ0v) is 29.5. The van der Waals surface area contributed by atoms with Crippen LogP contribution in [0.15, 0.2) is 0 Å². The van der Waals surface area contributed by atoms with Crippen LogP contribution in [-0.4, -0.2) is 121 Å². The first-order valence-electron chi connectivity index (χ1n) is 16.6. The highest BCUT2D eigenvalue weighted by molar-refractivity contribution is 6.00. The summed E-state index contributed by atoms with van der Waals surface area (Å²) in [7, 11) is 3.76.